The van der Waals surface area contributed by atoms with E-state index in [1.54, 1.807) is 17.1 Å². The maximum absolute atomic E-state index is 12.7. The number of aryl methyl sites for hydroxylation is 2. The number of rotatable bonds is 4. The van der Waals surface area contributed by atoms with Crippen molar-refractivity contribution in [2.75, 3.05) is 6.54 Å². The molecule has 0 N–H and O–H groups in total. The molecule has 118 valence electrons. The van der Waals surface area contributed by atoms with E-state index in [1.807, 2.05) is 0 Å². The van der Waals surface area contributed by atoms with Gasteiger partial charge < -0.3 is 9.47 Å². The minimum Gasteiger partial charge on any atom is -0.353 e. The molecule has 1 unspecified atom stereocenters. The molecule has 3 rings (SSSR count). The van der Waals surface area contributed by atoms with Gasteiger partial charge in [-0.3, -0.25) is 9.48 Å². The summed E-state index contributed by atoms with van der Waals surface area (Å²) in [6, 6.07) is 4.39. The summed E-state index contributed by atoms with van der Waals surface area (Å²) in [4.78, 5) is 14.8. The number of hydrogen-bond acceptors (Lipinski definition) is 3. The summed E-state index contributed by atoms with van der Waals surface area (Å²) in [6.07, 6.45) is 10.5. The van der Waals surface area contributed by atoms with Crippen molar-refractivity contribution in [2.24, 2.45) is 7.05 Å². The topological polar surface area (TPSA) is 56.0 Å². The molecule has 0 aliphatic carbocycles. The lowest BCUT2D eigenvalue weighted by atomic mass is 10.1. The quantitative estimate of drug-likeness (QED) is 0.869. The van der Waals surface area contributed by atoms with Crippen LogP contribution in [0.4, 0.5) is 0 Å². The van der Waals surface area contributed by atoms with Crippen LogP contribution in [0.15, 0.2) is 30.7 Å². The number of likely N-dealkylation sites (tertiary alicyclic amines) is 1. The van der Waals surface area contributed by atoms with Crippen LogP contribution < -0.4 is 0 Å². The molecule has 0 saturated carbocycles. The molecule has 0 spiro atoms. The fourth-order valence-electron chi connectivity index (χ4n) is 3.24. The zero-order valence-corrected chi connectivity index (χ0v) is 13.1. The Morgan fingerprint density at radius 3 is 2.95 bits per heavy atom. The second-order valence-corrected chi connectivity index (χ2v) is 5.91. The monoisotopic (exact) mass is 301 g/mol. The molecule has 1 amide bonds. The van der Waals surface area contributed by atoms with E-state index >= 15 is 0 Å². The fourth-order valence-corrected chi connectivity index (χ4v) is 3.24. The molecule has 0 radical (unpaired) electrons. The molecular formula is C16H23N5O. The summed E-state index contributed by atoms with van der Waals surface area (Å²) >= 11 is 0. The molecule has 1 fully saturated rings. The van der Waals surface area contributed by atoms with Crippen molar-refractivity contribution in [3.8, 4) is 0 Å². The highest BCUT2D eigenvalue weighted by Crippen LogP contribution is 2.30. The first-order chi connectivity index (χ1) is 10.8. The van der Waals surface area contributed by atoms with Crippen LogP contribution >= 0.6 is 0 Å². The van der Waals surface area contributed by atoms with Gasteiger partial charge >= 0.3 is 0 Å². The molecule has 0 aromatic carbocycles. The third-order valence-corrected chi connectivity index (χ3v) is 4.43. The van der Waals surface area contributed by atoms with Crippen LogP contribution in [0.3, 0.4) is 0 Å². The average molecular weight is 301 g/mol. The Balaban J connectivity index is 1.72. The van der Waals surface area contributed by atoms with E-state index in [0.29, 0.717) is 13.0 Å². The number of aromatic nitrogens is 4. The Labute approximate surface area is 130 Å². The van der Waals surface area contributed by atoms with Gasteiger partial charge in [0.1, 0.15) is 0 Å². The second kappa shape index (κ2) is 6.77. The third-order valence-electron chi connectivity index (χ3n) is 4.43. The SMILES string of the molecule is Cn1cccc1C1CCCCCN1C(=O)CCn1ccnn1. The number of carbonyl (C=O) groups is 1. The van der Waals surface area contributed by atoms with Crippen LogP contribution in [0.25, 0.3) is 0 Å². The maximum Gasteiger partial charge on any atom is 0.224 e. The Kier molecular flexibility index (Phi) is 4.56. The van der Waals surface area contributed by atoms with Crippen molar-refractivity contribution in [1.29, 1.82) is 0 Å². The van der Waals surface area contributed by atoms with Gasteiger partial charge in [0.2, 0.25) is 5.91 Å². The van der Waals surface area contributed by atoms with Crippen LogP contribution in [-0.4, -0.2) is 36.9 Å². The predicted octanol–water partition coefficient (Wildman–Crippen LogP) is 2.15. The molecule has 6 heteroatoms. The fraction of sp³-hybridized carbons (Fsp3) is 0.562. The normalized spacial score (nSPS) is 19.1. The standard InChI is InChI=1S/C16H23N5O/c1-19-10-5-7-14(19)15-6-3-2-4-11-21(15)16(22)8-12-20-13-9-17-18-20/h5,7,9-10,13,15H,2-4,6,8,11-12H2,1H3. The maximum atomic E-state index is 12.7. The molecule has 1 atom stereocenters. The smallest absolute Gasteiger partial charge is 0.224 e. The van der Waals surface area contributed by atoms with E-state index in [0.717, 1.165) is 19.4 Å². The van der Waals surface area contributed by atoms with Crippen molar-refractivity contribution in [3.05, 3.63) is 36.4 Å². The Morgan fingerprint density at radius 1 is 1.32 bits per heavy atom. The van der Waals surface area contributed by atoms with Crippen molar-refractivity contribution in [1.82, 2.24) is 24.5 Å². The second-order valence-electron chi connectivity index (χ2n) is 5.91. The summed E-state index contributed by atoms with van der Waals surface area (Å²) in [5.74, 6) is 0.212. The molecule has 1 saturated heterocycles. The van der Waals surface area contributed by atoms with Crippen LogP contribution in [0.2, 0.25) is 0 Å². The summed E-state index contributed by atoms with van der Waals surface area (Å²) in [5.41, 5.74) is 1.23. The first kappa shape index (κ1) is 14.8. The van der Waals surface area contributed by atoms with E-state index < -0.39 is 0 Å². The highest BCUT2D eigenvalue weighted by molar-refractivity contribution is 5.76. The molecule has 0 bridgehead atoms. The van der Waals surface area contributed by atoms with Crippen LogP contribution in [0, 0.1) is 0 Å². The van der Waals surface area contributed by atoms with Crippen LogP contribution in [-0.2, 0) is 18.4 Å². The third kappa shape index (κ3) is 3.21. The highest BCUT2D eigenvalue weighted by atomic mass is 16.2. The first-order valence-electron chi connectivity index (χ1n) is 8.00. The molecule has 6 nitrogen and oxygen atoms in total. The molecule has 1 aliphatic heterocycles. The number of carbonyl (C=O) groups excluding carboxylic acids is 1. The molecule has 2 aromatic heterocycles. The molecule has 22 heavy (non-hydrogen) atoms. The van der Waals surface area contributed by atoms with Crippen LogP contribution in [0.1, 0.15) is 43.8 Å². The molecular weight excluding hydrogens is 278 g/mol. The number of hydrogen-bond donors (Lipinski definition) is 0. The zero-order chi connectivity index (χ0) is 15.4. The van der Waals surface area contributed by atoms with E-state index in [4.69, 9.17) is 0 Å². The van der Waals surface area contributed by atoms with E-state index in [1.165, 1.54) is 18.5 Å². The van der Waals surface area contributed by atoms with Gasteiger partial charge in [-0.2, -0.15) is 0 Å². The van der Waals surface area contributed by atoms with Crippen molar-refractivity contribution in [3.63, 3.8) is 0 Å². The van der Waals surface area contributed by atoms with Gasteiger partial charge in [-0.25, -0.2) is 0 Å². The van der Waals surface area contributed by atoms with E-state index in [2.05, 4.69) is 45.2 Å². The van der Waals surface area contributed by atoms with Gasteiger partial charge in [-0.05, 0) is 25.0 Å². The van der Waals surface area contributed by atoms with E-state index in [9.17, 15) is 4.79 Å². The molecule has 3 heterocycles. The minimum atomic E-state index is 0.200. The number of nitrogens with zero attached hydrogens (tertiary/aromatic N) is 5. The summed E-state index contributed by atoms with van der Waals surface area (Å²) in [6.45, 7) is 1.45. The molecule has 2 aromatic rings. The minimum absolute atomic E-state index is 0.200. The highest BCUT2D eigenvalue weighted by Gasteiger charge is 2.27. The summed E-state index contributed by atoms with van der Waals surface area (Å²) in [5, 5.41) is 7.71. The Hall–Kier alpha value is -2.11. The largest absolute Gasteiger partial charge is 0.353 e. The summed E-state index contributed by atoms with van der Waals surface area (Å²) < 4.78 is 3.85. The first-order valence-corrected chi connectivity index (χ1v) is 8.00. The van der Waals surface area contributed by atoms with E-state index in [-0.39, 0.29) is 11.9 Å². The Morgan fingerprint density at radius 2 is 2.23 bits per heavy atom. The van der Waals surface area contributed by atoms with Gasteiger partial charge in [0.25, 0.3) is 0 Å². The van der Waals surface area contributed by atoms with Gasteiger partial charge in [0.05, 0.1) is 18.8 Å². The van der Waals surface area contributed by atoms with Crippen molar-refractivity contribution >= 4 is 5.91 Å². The van der Waals surface area contributed by atoms with Crippen molar-refractivity contribution in [2.45, 2.75) is 44.7 Å². The van der Waals surface area contributed by atoms with Crippen LogP contribution in [0.5, 0.6) is 0 Å². The van der Waals surface area contributed by atoms with Crippen molar-refractivity contribution < 1.29 is 4.79 Å². The Bertz CT molecular complexity index is 604. The van der Waals surface area contributed by atoms with Gasteiger partial charge in [-0.15, -0.1) is 5.10 Å². The predicted molar refractivity (Wildman–Crippen MR) is 83.0 cm³/mol. The lowest BCUT2D eigenvalue weighted by molar-refractivity contribution is -0.134. The lowest BCUT2D eigenvalue weighted by Gasteiger charge is -2.30. The number of amides is 1. The van der Waals surface area contributed by atoms with Gasteiger partial charge in [0.15, 0.2) is 0 Å². The lowest BCUT2D eigenvalue weighted by Crippen LogP contribution is -2.36. The zero-order valence-electron chi connectivity index (χ0n) is 13.1. The van der Waals surface area contributed by atoms with Gasteiger partial charge in [0, 0.05) is 38.1 Å². The average Bonchev–Trinajstić information content (AvgIpc) is 3.12. The van der Waals surface area contributed by atoms with Gasteiger partial charge in [-0.1, -0.05) is 18.1 Å². The summed E-state index contributed by atoms with van der Waals surface area (Å²) in [7, 11) is 2.05. The molecule has 1 aliphatic rings.